The van der Waals surface area contributed by atoms with Gasteiger partial charge in [-0.25, -0.2) is 9.97 Å². The second kappa shape index (κ2) is 5.61. The molecule has 108 valence electrons. The Morgan fingerprint density at radius 2 is 1.91 bits per heavy atom. The molecule has 22 heavy (non-hydrogen) atoms. The lowest BCUT2D eigenvalue weighted by atomic mass is 10.2. The molecule has 4 rings (SSSR count). The van der Waals surface area contributed by atoms with Gasteiger partial charge in [-0.1, -0.05) is 12.1 Å². The number of aromatic nitrogens is 3. The largest absolute Gasteiger partial charge is 0.487 e. The Hall–Kier alpha value is -2.66. The van der Waals surface area contributed by atoms with E-state index in [1.807, 2.05) is 59.4 Å². The van der Waals surface area contributed by atoms with Crippen LogP contribution in [-0.4, -0.2) is 15.0 Å². The number of nitrogens with one attached hydrogen (secondary N) is 1. The van der Waals surface area contributed by atoms with E-state index >= 15 is 0 Å². The summed E-state index contributed by atoms with van der Waals surface area (Å²) in [5.41, 5.74) is 5.81. The molecule has 0 spiro atoms. The second-order valence-corrected chi connectivity index (χ2v) is 5.61. The molecule has 0 aliphatic carbocycles. The normalized spacial score (nSPS) is 10.9. The summed E-state index contributed by atoms with van der Waals surface area (Å²) in [6, 6.07) is 15.9. The summed E-state index contributed by atoms with van der Waals surface area (Å²) < 4.78 is 5.71. The first-order valence-corrected chi connectivity index (χ1v) is 7.88. The standard InChI is InChI=1S/C17H13N3OS/c1-2-4-16-15(3-1)19-17(20-16)12-5-7-14(8-6-12)21-9-13-10-22-11-18-13/h1-8,10-11H,9H2,(H,19,20). The molecule has 4 nitrogen and oxygen atoms in total. The van der Waals surface area contributed by atoms with Crippen LogP contribution < -0.4 is 4.74 Å². The average molecular weight is 307 g/mol. The van der Waals surface area contributed by atoms with Gasteiger partial charge in [0, 0.05) is 10.9 Å². The number of fused-ring (bicyclic) bond motifs is 1. The van der Waals surface area contributed by atoms with E-state index in [1.54, 1.807) is 11.3 Å². The van der Waals surface area contributed by atoms with E-state index in [2.05, 4.69) is 15.0 Å². The SMILES string of the molecule is c1ccc2[nH]c(-c3ccc(OCc4cscn4)cc3)nc2c1. The smallest absolute Gasteiger partial charge is 0.138 e. The van der Waals surface area contributed by atoms with Gasteiger partial charge in [0.2, 0.25) is 0 Å². The lowest BCUT2D eigenvalue weighted by molar-refractivity contribution is 0.302. The van der Waals surface area contributed by atoms with Crippen LogP contribution in [0.1, 0.15) is 5.69 Å². The van der Waals surface area contributed by atoms with Gasteiger partial charge in [0.1, 0.15) is 18.2 Å². The van der Waals surface area contributed by atoms with Gasteiger partial charge in [-0.2, -0.15) is 0 Å². The quantitative estimate of drug-likeness (QED) is 0.612. The number of ether oxygens (including phenoxy) is 1. The number of hydrogen-bond acceptors (Lipinski definition) is 4. The number of para-hydroxylation sites is 2. The molecule has 5 heteroatoms. The van der Waals surface area contributed by atoms with Crippen LogP contribution in [0.3, 0.4) is 0 Å². The van der Waals surface area contributed by atoms with Gasteiger partial charge in [-0.3, -0.25) is 0 Å². The first-order chi connectivity index (χ1) is 10.9. The van der Waals surface area contributed by atoms with E-state index in [0.29, 0.717) is 6.61 Å². The molecular formula is C17H13N3OS. The number of imidazole rings is 1. The average Bonchev–Trinajstić information content (AvgIpc) is 3.22. The second-order valence-electron chi connectivity index (χ2n) is 4.90. The molecule has 0 aliphatic rings. The molecule has 0 saturated heterocycles. The van der Waals surface area contributed by atoms with Crippen LogP contribution in [0.25, 0.3) is 22.4 Å². The molecule has 2 aromatic carbocycles. The van der Waals surface area contributed by atoms with Crippen molar-refractivity contribution >= 4 is 22.4 Å². The molecule has 4 aromatic rings. The Balaban J connectivity index is 1.53. The van der Waals surface area contributed by atoms with Crippen molar-refractivity contribution in [2.75, 3.05) is 0 Å². The van der Waals surface area contributed by atoms with Crippen LogP contribution in [0.15, 0.2) is 59.4 Å². The van der Waals surface area contributed by atoms with Crippen molar-refractivity contribution < 1.29 is 4.74 Å². The fourth-order valence-corrected chi connectivity index (χ4v) is 2.81. The van der Waals surface area contributed by atoms with E-state index in [1.165, 1.54) is 0 Å². The maximum atomic E-state index is 5.71. The monoisotopic (exact) mass is 307 g/mol. The number of benzene rings is 2. The molecule has 0 bridgehead atoms. The number of nitrogens with zero attached hydrogens (tertiary/aromatic N) is 2. The van der Waals surface area contributed by atoms with Gasteiger partial charge in [0.25, 0.3) is 0 Å². The maximum absolute atomic E-state index is 5.71. The zero-order valence-corrected chi connectivity index (χ0v) is 12.5. The Morgan fingerprint density at radius 3 is 2.68 bits per heavy atom. The minimum atomic E-state index is 0.494. The highest BCUT2D eigenvalue weighted by Gasteiger charge is 2.05. The Kier molecular flexibility index (Phi) is 3.33. The number of aromatic amines is 1. The topological polar surface area (TPSA) is 50.8 Å². The Labute approximate surface area is 131 Å². The summed E-state index contributed by atoms with van der Waals surface area (Å²) in [5, 5.41) is 1.99. The number of H-pyrrole nitrogens is 1. The zero-order chi connectivity index (χ0) is 14.8. The van der Waals surface area contributed by atoms with Crippen molar-refractivity contribution in [1.29, 1.82) is 0 Å². The van der Waals surface area contributed by atoms with Crippen LogP contribution in [0.4, 0.5) is 0 Å². The summed E-state index contributed by atoms with van der Waals surface area (Å²) in [5.74, 6) is 1.69. The summed E-state index contributed by atoms with van der Waals surface area (Å²) in [6.45, 7) is 0.494. The van der Waals surface area contributed by atoms with Gasteiger partial charge in [0.05, 0.1) is 22.2 Å². The van der Waals surface area contributed by atoms with Crippen LogP contribution in [0.2, 0.25) is 0 Å². The van der Waals surface area contributed by atoms with Crippen LogP contribution in [-0.2, 0) is 6.61 Å². The minimum absolute atomic E-state index is 0.494. The van der Waals surface area contributed by atoms with E-state index in [9.17, 15) is 0 Å². The van der Waals surface area contributed by atoms with Crippen LogP contribution in [0, 0.1) is 0 Å². The van der Waals surface area contributed by atoms with Crippen molar-refractivity contribution in [1.82, 2.24) is 15.0 Å². The zero-order valence-electron chi connectivity index (χ0n) is 11.7. The summed E-state index contributed by atoms with van der Waals surface area (Å²) in [7, 11) is 0. The molecule has 1 N–H and O–H groups in total. The number of rotatable bonds is 4. The van der Waals surface area contributed by atoms with Crippen molar-refractivity contribution in [3.63, 3.8) is 0 Å². The molecule has 0 radical (unpaired) electrons. The predicted molar refractivity (Wildman–Crippen MR) is 88.0 cm³/mol. The summed E-state index contributed by atoms with van der Waals surface area (Å²) in [6.07, 6.45) is 0. The van der Waals surface area contributed by atoms with Gasteiger partial charge in [-0.15, -0.1) is 11.3 Å². The van der Waals surface area contributed by atoms with Gasteiger partial charge >= 0.3 is 0 Å². The van der Waals surface area contributed by atoms with Gasteiger partial charge in [0.15, 0.2) is 0 Å². The first-order valence-electron chi connectivity index (χ1n) is 6.93. The maximum Gasteiger partial charge on any atom is 0.138 e. The van der Waals surface area contributed by atoms with E-state index in [4.69, 9.17) is 4.74 Å². The number of thiazole rings is 1. The molecule has 2 heterocycles. The third-order valence-electron chi connectivity index (χ3n) is 3.39. The lowest BCUT2D eigenvalue weighted by Crippen LogP contribution is -1.95. The minimum Gasteiger partial charge on any atom is -0.487 e. The number of hydrogen-bond donors (Lipinski definition) is 1. The van der Waals surface area contributed by atoms with Gasteiger partial charge < -0.3 is 9.72 Å². The van der Waals surface area contributed by atoms with Crippen molar-refractivity contribution in [3.8, 4) is 17.1 Å². The molecule has 0 unspecified atom stereocenters. The first kappa shape index (κ1) is 13.0. The summed E-state index contributed by atoms with van der Waals surface area (Å²) in [4.78, 5) is 12.1. The fourth-order valence-electron chi connectivity index (χ4n) is 2.26. The van der Waals surface area contributed by atoms with Crippen molar-refractivity contribution in [2.24, 2.45) is 0 Å². The third-order valence-corrected chi connectivity index (χ3v) is 4.02. The Bertz CT molecular complexity index is 849. The molecular weight excluding hydrogens is 294 g/mol. The van der Waals surface area contributed by atoms with Crippen molar-refractivity contribution in [2.45, 2.75) is 6.61 Å². The fraction of sp³-hybridized carbons (Fsp3) is 0.0588. The lowest BCUT2D eigenvalue weighted by Gasteiger charge is -2.04. The third kappa shape index (κ3) is 2.58. The highest BCUT2D eigenvalue weighted by Crippen LogP contribution is 2.23. The van der Waals surface area contributed by atoms with E-state index < -0.39 is 0 Å². The van der Waals surface area contributed by atoms with Crippen LogP contribution >= 0.6 is 11.3 Å². The van der Waals surface area contributed by atoms with E-state index in [0.717, 1.165) is 33.9 Å². The molecule has 0 fully saturated rings. The molecule has 0 amide bonds. The highest BCUT2D eigenvalue weighted by molar-refractivity contribution is 7.07. The van der Waals surface area contributed by atoms with E-state index in [-0.39, 0.29) is 0 Å². The molecule has 2 aromatic heterocycles. The molecule has 0 saturated carbocycles. The van der Waals surface area contributed by atoms with Gasteiger partial charge in [-0.05, 0) is 36.4 Å². The van der Waals surface area contributed by atoms with Crippen LogP contribution in [0.5, 0.6) is 5.75 Å². The highest BCUT2D eigenvalue weighted by atomic mass is 32.1. The van der Waals surface area contributed by atoms with Crippen molar-refractivity contribution in [3.05, 3.63) is 65.1 Å². The summed E-state index contributed by atoms with van der Waals surface area (Å²) >= 11 is 1.57. The molecule has 0 aliphatic heterocycles. The Morgan fingerprint density at radius 1 is 1.05 bits per heavy atom. The predicted octanol–water partition coefficient (Wildman–Crippen LogP) is 4.27. The molecule has 0 atom stereocenters.